The predicted octanol–water partition coefficient (Wildman–Crippen LogP) is 1.32. The summed E-state index contributed by atoms with van der Waals surface area (Å²) in [6, 6.07) is 5.83. The lowest BCUT2D eigenvalue weighted by atomic mass is 10.1. The highest BCUT2D eigenvalue weighted by molar-refractivity contribution is 5.93. The quantitative estimate of drug-likeness (QED) is 0.857. The van der Waals surface area contributed by atoms with E-state index in [2.05, 4.69) is 20.5 Å². The molecule has 1 aromatic carbocycles. The Hall–Kier alpha value is -2.38. The molecule has 1 fully saturated rings. The van der Waals surface area contributed by atoms with Gasteiger partial charge in [0.25, 0.3) is 0 Å². The average molecular weight is 343 g/mol. The molecule has 0 spiro atoms. The second kappa shape index (κ2) is 7.67. The number of aromatic nitrogens is 2. The minimum absolute atomic E-state index is 0.0509. The molecule has 2 N–H and O–H groups in total. The smallest absolute Gasteiger partial charge is 0.238 e. The number of hydrogen-bond donors (Lipinski definition) is 2. The van der Waals surface area contributed by atoms with E-state index in [1.165, 1.54) is 0 Å². The maximum Gasteiger partial charge on any atom is 0.238 e. The van der Waals surface area contributed by atoms with Gasteiger partial charge >= 0.3 is 0 Å². The van der Waals surface area contributed by atoms with Gasteiger partial charge in [-0.25, -0.2) is 4.98 Å². The van der Waals surface area contributed by atoms with Crippen LogP contribution in [0.1, 0.15) is 17.4 Å². The molecule has 1 aliphatic heterocycles. The van der Waals surface area contributed by atoms with E-state index in [0.29, 0.717) is 18.0 Å². The SMILES string of the molecule is COc1ccc(C)cc1NC(=O)CN1CCNCC1c1nccn1C. The van der Waals surface area contributed by atoms with Crippen molar-refractivity contribution in [2.45, 2.75) is 13.0 Å². The monoisotopic (exact) mass is 343 g/mol. The number of rotatable bonds is 5. The molecule has 134 valence electrons. The van der Waals surface area contributed by atoms with E-state index in [0.717, 1.165) is 31.0 Å². The summed E-state index contributed by atoms with van der Waals surface area (Å²) in [5.41, 5.74) is 1.78. The molecule has 3 rings (SSSR count). The largest absolute Gasteiger partial charge is 0.495 e. The number of methoxy groups -OCH3 is 1. The summed E-state index contributed by atoms with van der Waals surface area (Å²) in [7, 11) is 3.58. The van der Waals surface area contributed by atoms with Crippen LogP contribution in [0, 0.1) is 6.92 Å². The highest BCUT2D eigenvalue weighted by Gasteiger charge is 2.28. The van der Waals surface area contributed by atoms with Gasteiger partial charge in [0.15, 0.2) is 0 Å². The minimum Gasteiger partial charge on any atom is -0.495 e. The lowest BCUT2D eigenvalue weighted by molar-refractivity contribution is -0.118. The third-order valence-electron chi connectivity index (χ3n) is 4.49. The summed E-state index contributed by atoms with van der Waals surface area (Å²) in [5.74, 6) is 1.58. The van der Waals surface area contributed by atoms with Gasteiger partial charge in [-0.1, -0.05) is 6.07 Å². The van der Waals surface area contributed by atoms with Gasteiger partial charge in [-0.3, -0.25) is 9.69 Å². The van der Waals surface area contributed by atoms with Crippen molar-refractivity contribution >= 4 is 11.6 Å². The van der Waals surface area contributed by atoms with Crippen LogP contribution >= 0.6 is 0 Å². The standard InChI is InChI=1S/C18H25N5O2/c1-13-4-5-16(25-3)14(10-13)21-17(24)12-23-9-6-19-11-15(23)18-20-7-8-22(18)2/h4-5,7-8,10,15,19H,6,9,11-12H2,1-3H3,(H,21,24). The van der Waals surface area contributed by atoms with Crippen LogP contribution in [0.25, 0.3) is 0 Å². The summed E-state index contributed by atoms with van der Waals surface area (Å²) in [6.45, 7) is 4.75. The summed E-state index contributed by atoms with van der Waals surface area (Å²) in [5, 5.41) is 6.36. The Balaban J connectivity index is 1.71. The molecular formula is C18H25N5O2. The van der Waals surface area contributed by atoms with E-state index in [1.54, 1.807) is 13.3 Å². The summed E-state index contributed by atoms with van der Waals surface area (Å²) in [6.07, 6.45) is 3.72. The van der Waals surface area contributed by atoms with E-state index >= 15 is 0 Å². The third kappa shape index (κ3) is 4.00. The Morgan fingerprint density at radius 3 is 3.04 bits per heavy atom. The maximum absolute atomic E-state index is 12.6. The molecule has 7 heteroatoms. The first-order chi connectivity index (χ1) is 12.1. The number of anilines is 1. The molecule has 1 amide bonds. The van der Waals surface area contributed by atoms with Crippen LogP contribution in [-0.4, -0.2) is 53.6 Å². The zero-order valence-corrected chi connectivity index (χ0v) is 15.0. The Morgan fingerprint density at radius 2 is 2.32 bits per heavy atom. The molecule has 0 bridgehead atoms. The molecule has 0 aliphatic carbocycles. The van der Waals surface area contributed by atoms with Crippen LogP contribution in [-0.2, 0) is 11.8 Å². The van der Waals surface area contributed by atoms with E-state index in [-0.39, 0.29) is 11.9 Å². The van der Waals surface area contributed by atoms with Crippen molar-refractivity contribution in [3.63, 3.8) is 0 Å². The third-order valence-corrected chi connectivity index (χ3v) is 4.49. The van der Waals surface area contributed by atoms with Gasteiger partial charge in [0.1, 0.15) is 11.6 Å². The van der Waals surface area contributed by atoms with Crippen LogP contribution in [0.2, 0.25) is 0 Å². The number of ether oxygens (including phenoxy) is 1. The Labute approximate surface area is 148 Å². The number of carbonyl (C=O) groups excluding carboxylic acids is 1. The van der Waals surface area contributed by atoms with Crippen molar-refractivity contribution in [3.8, 4) is 5.75 Å². The molecule has 1 unspecified atom stereocenters. The number of hydrogen-bond acceptors (Lipinski definition) is 5. The van der Waals surface area contributed by atoms with Gasteiger partial charge in [0, 0.05) is 39.1 Å². The molecule has 7 nitrogen and oxygen atoms in total. The fourth-order valence-electron chi connectivity index (χ4n) is 3.18. The number of imidazole rings is 1. The van der Waals surface area contributed by atoms with Gasteiger partial charge in [0.05, 0.1) is 25.4 Å². The zero-order valence-electron chi connectivity index (χ0n) is 15.0. The first-order valence-electron chi connectivity index (χ1n) is 8.45. The summed E-state index contributed by atoms with van der Waals surface area (Å²) >= 11 is 0. The second-order valence-electron chi connectivity index (χ2n) is 6.34. The topological polar surface area (TPSA) is 71.4 Å². The van der Waals surface area contributed by atoms with Crippen LogP contribution < -0.4 is 15.4 Å². The fourth-order valence-corrected chi connectivity index (χ4v) is 3.18. The molecule has 0 radical (unpaired) electrons. The van der Waals surface area contributed by atoms with Gasteiger partial charge in [0.2, 0.25) is 5.91 Å². The van der Waals surface area contributed by atoms with Crippen molar-refractivity contribution in [2.24, 2.45) is 7.05 Å². The van der Waals surface area contributed by atoms with Crippen molar-refractivity contribution < 1.29 is 9.53 Å². The molecule has 0 saturated carbocycles. The molecule has 25 heavy (non-hydrogen) atoms. The van der Waals surface area contributed by atoms with Crippen molar-refractivity contribution in [1.29, 1.82) is 0 Å². The van der Waals surface area contributed by atoms with Crippen molar-refractivity contribution in [2.75, 3.05) is 38.6 Å². The number of piperazine rings is 1. The highest BCUT2D eigenvalue weighted by Crippen LogP contribution is 2.26. The van der Waals surface area contributed by atoms with E-state index in [9.17, 15) is 4.79 Å². The van der Waals surface area contributed by atoms with E-state index < -0.39 is 0 Å². The number of benzene rings is 1. The first kappa shape index (κ1) is 17.4. The molecule has 1 aromatic heterocycles. The van der Waals surface area contributed by atoms with Crippen molar-refractivity contribution in [1.82, 2.24) is 19.8 Å². The first-order valence-corrected chi connectivity index (χ1v) is 8.45. The maximum atomic E-state index is 12.6. The molecule has 1 atom stereocenters. The minimum atomic E-state index is -0.0509. The van der Waals surface area contributed by atoms with E-state index in [1.807, 2.05) is 42.9 Å². The van der Waals surface area contributed by atoms with Crippen LogP contribution in [0.15, 0.2) is 30.6 Å². The molecular weight excluding hydrogens is 318 g/mol. The normalized spacial score (nSPS) is 18.1. The van der Waals surface area contributed by atoms with Gasteiger partial charge in [-0.2, -0.15) is 0 Å². The molecule has 1 saturated heterocycles. The van der Waals surface area contributed by atoms with E-state index in [4.69, 9.17) is 4.74 Å². The van der Waals surface area contributed by atoms with Gasteiger partial charge < -0.3 is 19.9 Å². The number of carbonyl (C=O) groups is 1. The molecule has 2 heterocycles. The summed E-state index contributed by atoms with van der Waals surface area (Å²) < 4.78 is 7.34. The fraction of sp³-hybridized carbons (Fsp3) is 0.444. The molecule has 1 aliphatic rings. The number of nitrogens with one attached hydrogen (secondary N) is 2. The van der Waals surface area contributed by atoms with Crippen LogP contribution in [0.5, 0.6) is 5.75 Å². The lowest BCUT2D eigenvalue weighted by Crippen LogP contribution is -2.49. The van der Waals surface area contributed by atoms with Gasteiger partial charge in [-0.05, 0) is 24.6 Å². The Kier molecular flexibility index (Phi) is 5.35. The zero-order chi connectivity index (χ0) is 17.8. The molecule has 2 aromatic rings. The average Bonchev–Trinajstić information content (AvgIpc) is 3.01. The number of aryl methyl sites for hydroxylation is 2. The van der Waals surface area contributed by atoms with Gasteiger partial charge in [-0.15, -0.1) is 0 Å². The van der Waals surface area contributed by atoms with Crippen molar-refractivity contribution in [3.05, 3.63) is 42.0 Å². The highest BCUT2D eigenvalue weighted by atomic mass is 16.5. The second-order valence-corrected chi connectivity index (χ2v) is 6.34. The predicted molar refractivity (Wildman–Crippen MR) is 96.8 cm³/mol. The van der Waals surface area contributed by atoms with Crippen LogP contribution in [0.4, 0.5) is 5.69 Å². The number of amides is 1. The number of nitrogens with zero attached hydrogens (tertiary/aromatic N) is 3. The lowest BCUT2D eigenvalue weighted by Gasteiger charge is -2.35. The van der Waals surface area contributed by atoms with Crippen LogP contribution in [0.3, 0.4) is 0 Å². The Morgan fingerprint density at radius 1 is 1.48 bits per heavy atom. The summed E-state index contributed by atoms with van der Waals surface area (Å²) in [4.78, 5) is 19.2. The Bertz CT molecular complexity index is 743.